The highest BCUT2D eigenvalue weighted by atomic mass is 16.5. The van der Waals surface area contributed by atoms with Crippen LogP contribution in [0, 0.1) is 11.8 Å². The lowest BCUT2D eigenvalue weighted by Gasteiger charge is -2.17. The summed E-state index contributed by atoms with van der Waals surface area (Å²) in [6.07, 6.45) is 13.7. The fourth-order valence-electron chi connectivity index (χ4n) is 4.04. The number of rotatable bonds is 11. The Morgan fingerprint density at radius 1 is 1.38 bits per heavy atom. The van der Waals surface area contributed by atoms with Crippen LogP contribution in [-0.4, -0.2) is 41.6 Å². The highest BCUT2D eigenvalue weighted by molar-refractivity contribution is 5.66. The van der Waals surface area contributed by atoms with Crippen molar-refractivity contribution in [2.24, 2.45) is 11.8 Å². The summed E-state index contributed by atoms with van der Waals surface area (Å²) in [5, 5.41) is 19.1. The van der Waals surface area contributed by atoms with Crippen LogP contribution in [0.2, 0.25) is 0 Å². The van der Waals surface area contributed by atoms with Gasteiger partial charge in [0.05, 0.1) is 18.0 Å². The molecule has 0 aromatic heterocycles. The van der Waals surface area contributed by atoms with Crippen molar-refractivity contribution >= 4 is 5.97 Å². The Bertz CT molecular complexity index is 499. The topological polar surface area (TPSA) is 76.0 Å². The van der Waals surface area contributed by atoms with Crippen LogP contribution in [0.15, 0.2) is 24.0 Å². The summed E-state index contributed by atoms with van der Waals surface area (Å²) in [7, 11) is 1.74. The van der Waals surface area contributed by atoms with Crippen LogP contribution in [-0.2, 0) is 14.3 Å². The minimum absolute atomic E-state index is 0.0754. The van der Waals surface area contributed by atoms with Crippen molar-refractivity contribution in [3.63, 3.8) is 0 Å². The lowest BCUT2D eigenvalue weighted by molar-refractivity contribution is -0.137. The molecule has 1 saturated carbocycles. The predicted molar refractivity (Wildman–Crippen MR) is 101 cm³/mol. The van der Waals surface area contributed by atoms with Gasteiger partial charge in [-0.2, -0.15) is 0 Å². The number of ether oxygens (including phenoxy) is 2. The lowest BCUT2D eigenvalue weighted by atomic mass is 9.90. The summed E-state index contributed by atoms with van der Waals surface area (Å²) in [4.78, 5) is 10.6. The van der Waals surface area contributed by atoms with Crippen molar-refractivity contribution in [3.05, 3.63) is 24.0 Å². The zero-order chi connectivity index (χ0) is 18.9. The molecule has 1 heterocycles. The fourth-order valence-corrected chi connectivity index (χ4v) is 4.04. The number of carbonyl (C=O) groups is 1. The summed E-state index contributed by atoms with van der Waals surface area (Å²) in [5.41, 5.74) is 0. The molecule has 0 amide bonds. The molecular formula is C21H34O5. The first-order chi connectivity index (χ1) is 12.5. The molecule has 0 aromatic carbocycles. The summed E-state index contributed by atoms with van der Waals surface area (Å²) in [5.74, 6) is 0.614. The Morgan fingerprint density at radius 3 is 2.88 bits per heavy atom. The largest absolute Gasteiger partial charge is 0.495 e. The van der Waals surface area contributed by atoms with E-state index in [1.807, 2.05) is 6.08 Å². The molecule has 1 unspecified atom stereocenters. The van der Waals surface area contributed by atoms with Gasteiger partial charge in [0, 0.05) is 38.2 Å². The average Bonchev–Trinajstić information content (AvgIpc) is 3.11. The van der Waals surface area contributed by atoms with E-state index in [4.69, 9.17) is 14.6 Å². The number of hydrogen-bond acceptors (Lipinski definition) is 4. The van der Waals surface area contributed by atoms with Crippen LogP contribution in [0.4, 0.5) is 0 Å². The van der Waals surface area contributed by atoms with Crippen molar-refractivity contribution in [1.82, 2.24) is 0 Å². The predicted octanol–water partition coefficient (Wildman–Crippen LogP) is 4.06. The number of carboxylic acid groups (broad SMARTS) is 1. The van der Waals surface area contributed by atoms with E-state index < -0.39 is 5.97 Å². The molecule has 0 bridgehead atoms. The van der Waals surface area contributed by atoms with Gasteiger partial charge in [0.1, 0.15) is 6.10 Å². The Kier molecular flexibility index (Phi) is 8.66. The van der Waals surface area contributed by atoms with E-state index in [-0.39, 0.29) is 30.7 Å². The highest BCUT2D eigenvalue weighted by Gasteiger charge is 2.46. The smallest absolute Gasteiger partial charge is 0.303 e. The number of carboxylic acids is 1. The van der Waals surface area contributed by atoms with Gasteiger partial charge in [0.2, 0.25) is 0 Å². The Hall–Kier alpha value is -1.33. The molecular weight excluding hydrogens is 332 g/mol. The van der Waals surface area contributed by atoms with Gasteiger partial charge < -0.3 is 19.7 Å². The van der Waals surface area contributed by atoms with Crippen LogP contribution in [0.3, 0.4) is 0 Å². The van der Waals surface area contributed by atoms with Crippen molar-refractivity contribution in [2.75, 3.05) is 7.11 Å². The molecule has 2 rings (SSSR count). The maximum absolute atomic E-state index is 10.6. The number of allylic oxidation sites excluding steroid dienone is 2. The monoisotopic (exact) mass is 366 g/mol. The van der Waals surface area contributed by atoms with E-state index in [9.17, 15) is 9.90 Å². The van der Waals surface area contributed by atoms with Gasteiger partial charge in [0.15, 0.2) is 0 Å². The second-order valence-corrected chi connectivity index (χ2v) is 7.52. The van der Waals surface area contributed by atoms with Crippen molar-refractivity contribution in [3.8, 4) is 0 Å². The quantitative estimate of drug-likeness (QED) is 0.426. The molecule has 5 atom stereocenters. The molecule has 1 aliphatic heterocycles. The molecule has 0 aromatic rings. The third kappa shape index (κ3) is 6.13. The zero-order valence-corrected chi connectivity index (χ0v) is 16.1. The summed E-state index contributed by atoms with van der Waals surface area (Å²) in [6.45, 7) is 2.19. The number of aliphatic hydroxyl groups is 1. The molecule has 1 aliphatic carbocycles. The van der Waals surface area contributed by atoms with E-state index in [2.05, 4.69) is 19.1 Å². The minimum atomic E-state index is -0.757. The van der Waals surface area contributed by atoms with Gasteiger partial charge in [0.25, 0.3) is 0 Å². The summed E-state index contributed by atoms with van der Waals surface area (Å²) < 4.78 is 11.5. The standard InChI is InChI=1S/C21H34O5/c1-3-4-5-8-15(25-2)11-12-17-18-13-16(9-6-7-10-21(23)24)26-20(18)14-19(17)22/h9,11-12,15,17-20,22H,3-8,10,13-14H2,1-2H3,(H,23,24)/b12-11+,16-9-/t15-,17+,18?,19+,20+/m0/s1. The third-order valence-electron chi connectivity index (χ3n) is 5.54. The summed E-state index contributed by atoms with van der Waals surface area (Å²) in [6, 6.07) is 0. The second-order valence-electron chi connectivity index (χ2n) is 7.52. The molecule has 2 N–H and O–H groups in total. The normalized spacial score (nSPS) is 30.7. The molecule has 2 aliphatic rings. The van der Waals surface area contributed by atoms with Gasteiger partial charge in [-0.25, -0.2) is 0 Å². The lowest BCUT2D eigenvalue weighted by Crippen LogP contribution is -2.18. The van der Waals surface area contributed by atoms with E-state index >= 15 is 0 Å². The third-order valence-corrected chi connectivity index (χ3v) is 5.54. The number of hydrogen-bond donors (Lipinski definition) is 2. The number of aliphatic carboxylic acids is 1. The van der Waals surface area contributed by atoms with Gasteiger partial charge in [-0.15, -0.1) is 0 Å². The van der Waals surface area contributed by atoms with Crippen molar-refractivity contribution < 1.29 is 24.5 Å². The first-order valence-corrected chi connectivity index (χ1v) is 10.0. The highest BCUT2D eigenvalue weighted by Crippen LogP contribution is 2.45. The van der Waals surface area contributed by atoms with E-state index in [0.717, 1.165) is 31.4 Å². The van der Waals surface area contributed by atoms with E-state index in [1.54, 1.807) is 7.11 Å². The summed E-state index contributed by atoms with van der Waals surface area (Å²) >= 11 is 0. The van der Waals surface area contributed by atoms with Crippen LogP contribution in [0.25, 0.3) is 0 Å². The average molecular weight is 366 g/mol. The van der Waals surface area contributed by atoms with Gasteiger partial charge in [-0.1, -0.05) is 38.3 Å². The van der Waals surface area contributed by atoms with Gasteiger partial charge in [-0.3, -0.25) is 4.79 Å². The molecule has 5 heteroatoms. The second kappa shape index (κ2) is 10.7. The number of methoxy groups -OCH3 is 1. The maximum atomic E-state index is 10.6. The van der Waals surface area contributed by atoms with Gasteiger partial charge >= 0.3 is 5.97 Å². The Morgan fingerprint density at radius 2 is 2.19 bits per heavy atom. The van der Waals surface area contributed by atoms with Crippen molar-refractivity contribution in [2.45, 2.75) is 83.0 Å². The Balaban J connectivity index is 1.86. The van der Waals surface area contributed by atoms with E-state index in [1.165, 1.54) is 12.8 Å². The molecule has 0 radical (unpaired) electrons. The zero-order valence-electron chi connectivity index (χ0n) is 16.1. The molecule has 0 spiro atoms. The number of unbranched alkanes of at least 4 members (excludes halogenated alkanes) is 3. The Labute approximate surface area is 157 Å². The van der Waals surface area contributed by atoms with Crippen LogP contribution in [0.5, 0.6) is 0 Å². The first-order valence-electron chi connectivity index (χ1n) is 10.0. The molecule has 1 saturated heterocycles. The SMILES string of the molecule is CCCCC[C@@H](/C=C/[C@@H]1C2C/C(=C/CCCC(=O)O)O[C@@H]2C[C@H]1O)OC. The van der Waals surface area contributed by atoms with E-state index in [0.29, 0.717) is 18.8 Å². The van der Waals surface area contributed by atoms with Crippen LogP contribution in [0.1, 0.15) is 64.7 Å². The fraction of sp³-hybridized carbons (Fsp3) is 0.762. The first kappa shape index (κ1) is 21.0. The van der Waals surface area contributed by atoms with Crippen LogP contribution >= 0.6 is 0 Å². The number of aliphatic hydroxyl groups excluding tert-OH is 1. The molecule has 26 heavy (non-hydrogen) atoms. The molecule has 5 nitrogen and oxygen atoms in total. The molecule has 148 valence electrons. The molecule has 2 fully saturated rings. The minimum Gasteiger partial charge on any atom is -0.495 e. The maximum Gasteiger partial charge on any atom is 0.303 e. The number of fused-ring (bicyclic) bond motifs is 1. The van der Waals surface area contributed by atoms with Gasteiger partial charge in [-0.05, 0) is 25.3 Å². The van der Waals surface area contributed by atoms with Crippen molar-refractivity contribution in [1.29, 1.82) is 0 Å². The van der Waals surface area contributed by atoms with Crippen LogP contribution < -0.4 is 0 Å².